The first-order valence-electron chi connectivity index (χ1n) is 6.14. The van der Waals surface area contributed by atoms with E-state index in [0.717, 1.165) is 0 Å². The molecule has 1 atom stereocenters. The van der Waals surface area contributed by atoms with Crippen LogP contribution in [0.5, 0.6) is 0 Å². The third kappa shape index (κ3) is 3.69. The molecule has 2 N–H and O–H groups in total. The first-order valence-corrected chi connectivity index (χ1v) is 6.14. The molecular weight excluding hydrogens is 297 g/mol. The molecule has 3 nitrogen and oxygen atoms in total. The van der Waals surface area contributed by atoms with Gasteiger partial charge in [-0.2, -0.15) is 0 Å². The van der Waals surface area contributed by atoms with Crippen LogP contribution in [0.2, 0.25) is 0 Å². The Hall–Kier alpha value is -1.70. The van der Waals surface area contributed by atoms with Crippen molar-refractivity contribution in [1.29, 1.82) is 0 Å². The highest BCUT2D eigenvalue weighted by Crippen LogP contribution is 2.23. The SMILES string of the molecule is CCCC(C)(O)CNC(=O)c1c(F)c(F)c(F)c(F)c1F. The Bertz CT molecular complexity index is 531. The summed E-state index contributed by atoms with van der Waals surface area (Å²) in [5.74, 6) is -12.6. The second kappa shape index (κ2) is 6.38. The maximum Gasteiger partial charge on any atom is 0.257 e. The Kier molecular flexibility index (Phi) is 5.27. The van der Waals surface area contributed by atoms with Crippen LogP contribution in [0.25, 0.3) is 0 Å². The first kappa shape index (κ1) is 17.4. The fraction of sp³-hybridized carbons (Fsp3) is 0.462. The van der Waals surface area contributed by atoms with Crippen LogP contribution in [0.1, 0.15) is 37.0 Å². The molecule has 0 saturated carbocycles. The Morgan fingerprint density at radius 1 is 1.05 bits per heavy atom. The number of carbonyl (C=O) groups is 1. The normalized spacial score (nSPS) is 13.9. The molecule has 0 saturated heterocycles. The molecule has 0 fully saturated rings. The van der Waals surface area contributed by atoms with Crippen LogP contribution >= 0.6 is 0 Å². The third-order valence-electron chi connectivity index (χ3n) is 2.86. The van der Waals surface area contributed by atoms with E-state index >= 15 is 0 Å². The van der Waals surface area contributed by atoms with Gasteiger partial charge in [0.15, 0.2) is 23.3 Å². The monoisotopic (exact) mass is 311 g/mol. The van der Waals surface area contributed by atoms with Gasteiger partial charge in [0.25, 0.3) is 5.91 Å². The van der Waals surface area contributed by atoms with E-state index in [0.29, 0.717) is 6.42 Å². The molecule has 118 valence electrons. The van der Waals surface area contributed by atoms with Gasteiger partial charge < -0.3 is 10.4 Å². The summed E-state index contributed by atoms with van der Waals surface area (Å²) in [5.41, 5.74) is -2.92. The average molecular weight is 311 g/mol. The highest BCUT2D eigenvalue weighted by Gasteiger charge is 2.30. The lowest BCUT2D eigenvalue weighted by molar-refractivity contribution is 0.0467. The van der Waals surface area contributed by atoms with Crippen LogP contribution in [-0.4, -0.2) is 23.2 Å². The molecule has 21 heavy (non-hydrogen) atoms. The fourth-order valence-corrected chi connectivity index (χ4v) is 1.79. The lowest BCUT2D eigenvalue weighted by Gasteiger charge is -2.23. The van der Waals surface area contributed by atoms with Crippen LogP contribution in [0.15, 0.2) is 0 Å². The van der Waals surface area contributed by atoms with Crippen molar-refractivity contribution in [1.82, 2.24) is 5.32 Å². The van der Waals surface area contributed by atoms with E-state index in [4.69, 9.17) is 0 Å². The second-order valence-corrected chi connectivity index (χ2v) is 4.87. The van der Waals surface area contributed by atoms with Crippen LogP contribution in [0.3, 0.4) is 0 Å². The van der Waals surface area contributed by atoms with Gasteiger partial charge in [-0.05, 0) is 13.3 Å². The number of aliphatic hydroxyl groups is 1. The van der Waals surface area contributed by atoms with Crippen molar-refractivity contribution in [3.63, 3.8) is 0 Å². The zero-order valence-electron chi connectivity index (χ0n) is 11.4. The molecule has 0 radical (unpaired) electrons. The minimum atomic E-state index is -2.33. The molecular formula is C13H14F5NO2. The lowest BCUT2D eigenvalue weighted by Crippen LogP contribution is -2.41. The molecule has 0 spiro atoms. The van der Waals surface area contributed by atoms with Crippen molar-refractivity contribution >= 4 is 5.91 Å². The van der Waals surface area contributed by atoms with E-state index in [1.807, 2.05) is 5.32 Å². The number of benzene rings is 1. The summed E-state index contributed by atoms with van der Waals surface area (Å²) in [4.78, 5) is 11.6. The maximum absolute atomic E-state index is 13.4. The van der Waals surface area contributed by atoms with Crippen molar-refractivity contribution in [3.05, 3.63) is 34.6 Å². The van der Waals surface area contributed by atoms with Gasteiger partial charge in [-0.1, -0.05) is 13.3 Å². The minimum Gasteiger partial charge on any atom is -0.388 e. The number of hydrogen-bond donors (Lipinski definition) is 2. The number of nitrogens with one attached hydrogen (secondary N) is 1. The molecule has 0 aliphatic heterocycles. The van der Waals surface area contributed by atoms with Crippen LogP contribution in [0.4, 0.5) is 22.0 Å². The Morgan fingerprint density at radius 3 is 1.90 bits per heavy atom. The van der Waals surface area contributed by atoms with Gasteiger partial charge in [0.2, 0.25) is 5.82 Å². The van der Waals surface area contributed by atoms with Gasteiger partial charge in [-0.3, -0.25) is 4.79 Å². The number of carbonyl (C=O) groups excluding carboxylic acids is 1. The summed E-state index contributed by atoms with van der Waals surface area (Å²) in [7, 11) is 0. The molecule has 0 heterocycles. The van der Waals surface area contributed by atoms with Crippen LogP contribution < -0.4 is 5.32 Å². The maximum atomic E-state index is 13.4. The molecule has 1 aromatic carbocycles. The van der Waals surface area contributed by atoms with E-state index in [2.05, 4.69) is 0 Å². The first-order chi connectivity index (χ1) is 9.62. The van der Waals surface area contributed by atoms with Gasteiger partial charge in [0.1, 0.15) is 5.56 Å². The average Bonchev–Trinajstić information content (AvgIpc) is 2.41. The summed E-state index contributed by atoms with van der Waals surface area (Å²) >= 11 is 0. The Balaban J connectivity index is 3.04. The molecule has 0 bridgehead atoms. The quantitative estimate of drug-likeness (QED) is 0.499. The molecule has 1 aromatic rings. The smallest absolute Gasteiger partial charge is 0.257 e. The van der Waals surface area contributed by atoms with Crippen molar-refractivity contribution < 1.29 is 31.9 Å². The molecule has 0 aliphatic rings. The summed E-state index contributed by atoms with van der Waals surface area (Å²) in [6.45, 7) is 2.74. The zero-order valence-corrected chi connectivity index (χ0v) is 11.4. The topological polar surface area (TPSA) is 49.3 Å². The van der Waals surface area contributed by atoms with E-state index in [1.54, 1.807) is 6.92 Å². The minimum absolute atomic E-state index is 0.282. The molecule has 1 unspecified atom stereocenters. The van der Waals surface area contributed by atoms with E-state index in [1.165, 1.54) is 6.92 Å². The third-order valence-corrected chi connectivity index (χ3v) is 2.86. The standard InChI is InChI=1S/C13H14F5NO2/c1-3-4-13(2,21)5-19-12(20)6-7(14)9(16)11(18)10(17)8(6)15/h21H,3-5H2,1-2H3,(H,19,20). The number of amides is 1. The lowest BCUT2D eigenvalue weighted by atomic mass is 10.0. The summed E-state index contributed by atoms with van der Waals surface area (Å²) in [5, 5.41) is 11.7. The molecule has 0 aromatic heterocycles. The predicted octanol–water partition coefficient (Wildman–Crippen LogP) is 2.66. The van der Waals surface area contributed by atoms with Gasteiger partial charge in [-0.15, -0.1) is 0 Å². The van der Waals surface area contributed by atoms with Gasteiger partial charge in [-0.25, -0.2) is 22.0 Å². The Morgan fingerprint density at radius 2 is 1.48 bits per heavy atom. The van der Waals surface area contributed by atoms with Gasteiger partial charge >= 0.3 is 0 Å². The summed E-state index contributed by atoms with van der Waals surface area (Å²) in [6.07, 6.45) is 0.857. The van der Waals surface area contributed by atoms with Gasteiger partial charge in [0, 0.05) is 6.54 Å². The summed E-state index contributed by atoms with van der Waals surface area (Å²) in [6, 6.07) is 0. The highest BCUT2D eigenvalue weighted by molar-refractivity contribution is 5.94. The van der Waals surface area contributed by atoms with Crippen molar-refractivity contribution in [2.24, 2.45) is 0 Å². The van der Waals surface area contributed by atoms with Crippen molar-refractivity contribution in [3.8, 4) is 0 Å². The van der Waals surface area contributed by atoms with Crippen molar-refractivity contribution in [2.75, 3.05) is 6.54 Å². The predicted molar refractivity (Wildman–Crippen MR) is 64.1 cm³/mol. The second-order valence-electron chi connectivity index (χ2n) is 4.87. The van der Waals surface area contributed by atoms with E-state index in [9.17, 15) is 31.9 Å². The highest BCUT2D eigenvalue weighted by atomic mass is 19.2. The molecule has 0 aliphatic carbocycles. The molecule has 8 heteroatoms. The number of halogens is 5. The van der Waals surface area contributed by atoms with Gasteiger partial charge in [0.05, 0.1) is 5.60 Å². The fourth-order valence-electron chi connectivity index (χ4n) is 1.79. The number of rotatable bonds is 5. The zero-order chi connectivity index (χ0) is 16.4. The number of hydrogen-bond acceptors (Lipinski definition) is 2. The molecule has 1 amide bonds. The van der Waals surface area contributed by atoms with E-state index in [-0.39, 0.29) is 13.0 Å². The van der Waals surface area contributed by atoms with Crippen molar-refractivity contribution in [2.45, 2.75) is 32.3 Å². The van der Waals surface area contributed by atoms with Crippen LogP contribution in [-0.2, 0) is 0 Å². The largest absolute Gasteiger partial charge is 0.388 e. The Labute approximate surface area is 117 Å². The summed E-state index contributed by atoms with van der Waals surface area (Å²) < 4.78 is 65.5. The van der Waals surface area contributed by atoms with Crippen LogP contribution in [0, 0.1) is 29.1 Å². The van der Waals surface area contributed by atoms with E-state index < -0.39 is 46.2 Å². The molecule has 1 rings (SSSR count).